The molecule has 0 saturated heterocycles. The quantitative estimate of drug-likeness (QED) is 0.794. The number of rotatable bonds is 5. The molecule has 116 valence electrons. The van der Waals surface area contributed by atoms with Gasteiger partial charge in [-0.1, -0.05) is 6.07 Å². The van der Waals surface area contributed by atoms with E-state index in [9.17, 15) is 9.59 Å². The smallest absolute Gasteiger partial charge is 0.339 e. The molecule has 0 aliphatic heterocycles. The Balaban J connectivity index is 2.61. The molecule has 5 nitrogen and oxygen atoms in total. The second-order valence-electron chi connectivity index (χ2n) is 4.55. The van der Waals surface area contributed by atoms with Crippen molar-refractivity contribution in [2.45, 2.75) is 13.8 Å². The summed E-state index contributed by atoms with van der Waals surface area (Å²) in [7, 11) is 1.57. The van der Waals surface area contributed by atoms with Gasteiger partial charge in [-0.05, 0) is 48.9 Å². The van der Waals surface area contributed by atoms with Crippen LogP contribution in [0.5, 0.6) is 5.75 Å². The average Bonchev–Trinajstić information content (AvgIpc) is 2.53. The molecule has 0 spiro atoms. The fourth-order valence-corrected chi connectivity index (χ4v) is 2.16. The van der Waals surface area contributed by atoms with Crippen molar-refractivity contribution < 1.29 is 23.8 Å². The number of carbonyl (C=O) groups excluding carboxylic acids is 2. The molecule has 2 aromatic rings. The van der Waals surface area contributed by atoms with Crippen molar-refractivity contribution in [3.05, 3.63) is 41.5 Å². The molecule has 0 bridgehead atoms. The van der Waals surface area contributed by atoms with E-state index in [1.165, 1.54) is 0 Å². The molecule has 22 heavy (non-hydrogen) atoms. The van der Waals surface area contributed by atoms with Gasteiger partial charge in [-0.25, -0.2) is 9.59 Å². The molecular formula is C17H18O5. The highest BCUT2D eigenvalue weighted by Crippen LogP contribution is 2.25. The van der Waals surface area contributed by atoms with Crippen LogP contribution < -0.4 is 4.74 Å². The Morgan fingerprint density at radius 3 is 1.91 bits per heavy atom. The molecule has 0 fully saturated rings. The molecule has 0 N–H and O–H groups in total. The molecule has 0 saturated carbocycles. The van der Waals surface area contributed by atoms with E-state index in [0.717, 1.165) is 10.8 Å². The molecule has 2 rings (SSSR count). The maximum absolute atomic E-state index is 12.1. The Morgan fingerprint density at radius 2 is 1.41 bits per heavy atom. The van der Waals surface area contributed by atoms with Crippen LogP contribution in [0, 0.1) is 0 Å². The number of esters is 2. The molecular weight excluding hydrogens is 284 g/mol. The number of hydrogen-bond donors (Lipinski definition) is 0. The van der Waals surface area contributed by atoms with E-state index in [0.29, 0.717) is 5.75 Å². The third-order valence-corrected chi connectivity index (χ3v) is 3.17. The Bertz CT molecular complexity index is 706. The Kier molecular flexibility index (Phi) is 4.99. The summed E-state index contributed by atoms with van der Waals surface area (Å²) in [5, 5.41) is 1.60. The van der Waals surface area contributed by atoms with E-state index in [-0.39, 0.29) is 24.3 Å². The first-order chi connectivity index (χ1) is 10.6. The minimum Gasteiger partial charge on any atom is -0.497 e. The van der Waals surface area contributed by atoms with Crippen molar-refractivity contribution in [3.63, 3.8) is 0 Å². The van der Waals surface area contributed by atoms with Gasteiger partial charge >= 0.3 is 11.9 Å². The van der Waals surface area contributed by atoms with Crippen LogP contribution >= 0.6 is 0 Å². The first kappa shape index (κ1) is 15.8. The van der Waals surface area contributed by atoms with Crippen LogP contribution in [0.2, 0.25) is 0 Å². The average molecular weight is 302 g/mol. The summed E-state index contributed by atoms with van der Waals surface area (Å²) in [6, 6.07) is 8.68. The molecule has 0 aliphatic carbocycles. The molecule has 0 aromatic heterocycles. The predicted molar refractivity (Wildman–Crippen MR) is 82.4 cm³/mol. The van der Waals surface area contributed by atoms with Crippen molar-refractivity contribution in [2.24, 2.45) is 0 Å². The van der Waals surface area contributed by atoms with E-state index >= 15 is 0 Å². The van der Waals surface area contributed by atoms with Crippen LogP contribution in [0.25, 0.3) is 10.8 Å². The topological polar surface area (TPSA) is 61.8 Å². The zero-order valence-electron chi connectivity index (χ0n) is 12.8. The molecule has 2 aromatic carbocycles. The molecule has 0 radical (unpaired) electrons. The summed E-state index contributed by atoms with van der Waals surface area (Å²) in [4.78, 5) is 24.2. The fourth-order valence-electron chi connectivity index (χ4n) is 2.16. The van der Waals surface area contributed by atoms with Gasteiger partial charge in [0, 0.05) is 0 Å². The number of fused-ring (bicyclic) bond motifs is 1. The molecule has 0 unspecified atom stereocenters. The van der Waals surface area contributed by atoms with Gasteiger partial charge in [0.2, 0.25) is 0 Å². The van der Waals surface area contributed by atoms with E-state index in [1.54, 1.807) is 45.2 Å². The highest BCUT2D eigenvalue weighted by molar-refractivity contribution is 6.07. The van der Waals surface area contributed by atoms with Crippen LogP contribution in [0.1, 0.15) is 34.6 Å². The van der Waals surface area contributed by atoms with Gasteiger partial charge in [0.1, 0.15) is 5.75 Å². The molecule has 0 heterocycles. The highest BCUT2D eigenvalue weighted by atomic mass is 16.5. The summed E-state index contributed by atoms with van der Waals surface area (Å²) in [6.45, 7) is 3.90. The van der Waals surface area contributed by atoms with Crippen molar-refractivity contribution in [1.29, 1.82) is 0 Å². The number of hydrogen-bond acceptors (Lipinski definition) is 5. The summed E-state index contributed by atoms with van der Waals surface area (Å²) in [6.07, 6.45) is 0. The largest absolute Gasteiger partial charge is 0.497 e. The van der Waals surface area contributed by atoms with Gasteiger partial charge in [0.25, 0.3) is 0 Å². The molecule has 0 amide bonds. The van der Waals surface area contributed by atoms with Crippen molar-refractivity contribution in [2.75, 3.05) is 20.3 Å². The molecule has 0 atom stereocenters. The lowest BCUT2D eigenvalue weighted by molar-refractivity contribution is 0.0479. The normalized spacial score (nSPS) is 10.3. The van der Waals surface area contributed by atoms with Crippen LogP contribution in [-0.2, 0) is 9.47 Å². The van der Waals surface area contributed by atoms with Gasteiger partial charge in [-0.3, -0.25) is 0 Å². The number of ether oxygens (including phenoxy) is 3. The highest BCUT2D eigenvalue weighted by Gasteiger charge is 2.20. The van der Waals surface area contributed by atoms with Gasteiger partial charge in [-0.15, -0.1) is 0 Å². The maximum atomic E-state index is 12.1. The minimum absolute atomic E-state index is 0.195. The molecule has 0 aliphatic rings. The predicted octanol–water partition coefficient (Wildman–Crippen LogP) is 3.20. The van der Waals surface area contributed by atoms with Crippen molar-refractivity contribution in [1.82, 2.24) is 0 Å². The SMILES string of the molecule is CCOC(=O)c1cc2ccc(OC)cc2cc1C(=O)OCC. The lowest BCUT2D eigenvalue weighted by Gasteiger charge is -2.11. The van der Waals surface area contributed by atoms with Gasteiger partial charge < -0.3 is 14.2 Å². The lowest BCUT2D eigenvalue weighted by Crippen LogP contribution is -2.14. The zero-order valence-corrected chi connectivity index (χ0v) is 12.8. The Morgan fingerprint density at radius 1 is 0.864 bits per heavy atom. The summed E-state index contributed by atoms with van der Waals surface area (Å²) < 4.78 is 15.2. The third kappa shape index (κ3) is 3.19. The summed E-state index contributed by atoms with van der Waals surface area (Å²) >= 11 is 0. The third-order valence-electron chi connectivity index (χ3n) is 3.17. The summed E-state index contributed by atoms with van der Waals surface area (Å²) in [5.74, 6) is -0.412. The first-order valence-corrected chi connectivity index (χ1v) is 7.06. The Labute approximate surface area is 128 Å². The maximum Gasteiger partial charge on any atom is 0.339 e. The van der Waals surface area contributed by atoms with Gasteiger partial charge in [0.05, 0.1) is 31.5 Å². The monoisotopic (exact) mass is 302 g/mol. The number of methoxy groups -OCH3 is 1. The number of benzene rings is 2. The van der Waals surface area contributed by atoms with Crippen LogP contribution in [-0.4, -0.2) is 32.3 Å². The van der Waals surface area contributed by atoms with Gasteiger partial charge in [-0.2, -0.15) is 0 Å². The fraction of sp³-hybridized carbons (Fsp3) is 0.294. The van der Waals surface area contributed by atoms with Crippen LogP contribution in [0.15, 0.2) is 30.3 Å². The number of carbonyl (C=O) groups is 2. The second-order valence-corrected chi connectivity index (χ2v) is 4.55. The minimum atomic E-state index is -0.546. The van der Waals surface area contributed by atoms with E-state index in [2.05, 4.69) is 0 Å². The van der Waals surface area contributed by atoms with Crippen LogP contribution in [0.4, 0.5) is 0 Å². The van der Waals surface area contributed by atoms with Gasteiger partial charge in [0.15, 0.2) is 0 Å². The standard InChI is InChI=1S/C17H18O5/c1-4-21-16(18)14-9-11-6-7-13(20-3)8-12(11)10-15(14)17(19)22-5-2/h6-10H,4-5H2,1-3H3. The van der Waals surface area contributed by atoms with E-state index in [1.807, 2.05) is 6.07 Å². The summed E-state index contributed by atoms with van der Waals surface area (Å²) in [5.41, 5.74) is 0.402. The van der Waals surface area contributed by atoms with Crippen molar-refractivity contribution >= 4 is 22.7 Å². The van der Waals surface area contributed by atoms with E-state index < -0.39 is 11.9 Å². The van der Waals surface area contributed by atoms with E-state index in [4.69, 9.17) is 14.2 Å². The van der Waals surface area contributed by atoms with Crippen molar-refractivity contribution in [3.8, 4) is 5.75 Å². The van der Waals surface area contributed by atoms with Crippen LogP contribution in [0.3, 0.4) is 0 Å². The lowest BCUT2D eigenvalue weighted by atomic mass is 10.0. The molecule has 5 heteroatoms. The Hall–Kier alpha value is -2.56. The first-order valence-electron chi connectivity index (χ1n) is 7.06. The zero-order chi connectivity index (χ0) is 16.1. The second kappa shape index (κ2) is 6.93.